The maximum absolute atomic E-state index is 11.9. The molecule has 5 nitrogen and oxygen atoms in total. The fraction of sp³-hybridized carbons (Fsp3) is 0.786. The van der Waals surface area contributed by atoms with Gasteiger partial charge in [0.1, 0.15) is 0 Å². The molecule has 0 rings (SSSR count). The molecule has 0 saturated carbocycles. The van der Waals surface area contributed by atoms with Crippen molar-refractivity contribution in [2.24, 2.45) is 0 Å². The molecule has 1 unspecified atom stereocenters. The van der Waals surface area contributed by atoms with Gasteiger partial charge in [0.25, 0.3) is 0 Å². The molecule has 0 N–H and O–H groups in total. The van der Waals surface area contributed by atoms with Crippen LogP contribution in [0.2, 0.25) is 8.37 Å². The summed E-state index contributed by atoms with van der Waals surface area (Å²) in [6.07, 6.45) is 1.53. The van der Waals surface area contributed by atoms with E-state index in [-0.39, 0.29) is 38.9 Å². The van der Waals surface area contributed by atoms with Crippen molar-refractivity contribution in [3.8, 4) is 0 Å². The van der Waals surface area contributed by atoms with Gasteiger partial charge in [-0.25, -0.2) is 0 Å². The number of hydrogen-bond donors (Lipinski definition) is 0. The van der Waals surface area contributed by atoms with Crippen LogP contribution in [0.25, 0.3) is 0 Å². The first-order valence-corrected chi connectivity index (χ1v) is 13.3. The van der Waals surface area contributed by atoms with E-state index in [1.54, 1.807) is 20.8 Å². The van der Waals surface area contributed by atoms with Crippen molar-refractivity contribution in [2.75, 3.05) is 0 Å². The minimum absolute atomic E-state index is 0.00564. The number of carbonyl (C=O) groups excluding carboxylic acids is 3. The molecular formula is C14H26O5Sn. The Bertz CT molecular complexity index is 308. The molecule has 0 spiro atoms. The number of rotatable bonds is 9. The Labute approximate surface area is 126 Å². The van der Waals surface area contributed by atoms with Gasteiger partial charge in [-0.15, -0.1) is 0 Å². The van der Waals surface area contributed by atoms with Gasteiger partial charge in [-0.05, 0) is 0 Å². The molecule has 116 valence electrons. The van der Waals surface area contributed by atoms with E-state index < -0.39 is 19.2 Å². The van der Waals surface area contributed by atoms with Gasteiger partial charge in [0.2, 0.25) is 0 Å². The molecule has 0 aromatic rings. The zero-order valence-corrected chi connectivity index (χ0v) is 16.0. The Hall–Kier alpha value is -0.591. The summed E-state index contributed by atoms with van der Waals surface area (Å²) in [6.45, 7) is 9.01. The van der Waals surface area contributed by atoms with E-state index in [0.717, 1.165) is 6.42 Å². The summed E-state index contributed by atoms with van der Waals surface area (Å²) in [5, 5.41) is 0. The number of Topliss-reactive ketones (excluding diaryl/α,β-unsaturated/α-hetero) is 1. The SMILES string of the molecule is CCC(=O)[CH2][Sn]([O]C(=O)CC)([O]C(=O)CC)[CH](C)CC. The Morgan fingerprint density at radius 3 is 1.65 bits per heavy atom. The van der Waals surface area contributed by atoms with Gasteiger partial charge >= 0.3 is 126 Å². The van der Waals surface area contributed by atoms with Crippen molar-refractivity contribution in [1.82, 2.24) is 0 Å². The first kappa shape index (κ1) is 19.4. The molecule has 1 atom stereocenters. The number of ketones is 1. The normalized spacial score (nSPS) is 12.7. The van der Waals surface area contributed by atoms with Gasteiger partial charge in [0.05, 0.1) is 0 Å². The summed E-state index contributed by atoms with van der Waals surface area (Å²) in [5.74, 6) is -0.767. The van der Waals surface area contributed by atoms with Crippen LogP contribution in [-0.4, -0.2) is 36.9 Å². The average Bonchev–Trinajstić information content (AvgIpc) is 2.45. The van der Waals surface area contributed by atoms with Gasteiger partial charge in [-0.1, -0.05) is 0 Å². The van der Waals surface area contributed by atoms with Crippen molar-refractivity contribution in [2.45, 2.75) is 68.7 Å². The molecule has 0 amide bonds. The Morgan fingerprint density at radius 2 is 1.35 bits per heavy atom. The minimum atomic E-state index is -4.09. The molecule has 0 aliphatic heterocycles. The van der Waals surface area contributed by atoms with Gasteiger partial charge < -0.3 is 0 Å². The van der Waals surface area contributed by atoms with Crippen molar-refractivity contribution in [3.63, 3.8) is 0 Å². The summed E-state index contributed by atoms with van der Waals surface area (Å²) in [5.41, 5.74) is 0. The number of carbonyl (C=O) groups is 3. The van der Waals surface area contributed by atoms with Gasteiger partial charge in [-0.3, -0.25) is 0 Å². The van der Waals surface area contributed by atoms with Crippen LogP contribution >= 0.6 is 0 Å². The van der Waals surface area contributed by atoms with E-state index in [1.807, 2.05) is 13.8 Å². The Morgan fingerprint density at radius 1 is 0.900 bits per heavy atom. The summed E-state index contributed by atoms with van der Waals surface area (Å²) in [7, 11) is 0. The molecule has 0 bridgehead atoms. The van der Waals surface area contributed by atoms with Crippen LogP contribution in [0, 0.1) is 0 Å². The molecule has 0 heterocycles. The average molecular weight is 393 g/mol. The standard InChI is InChI=1S/C4H7O.C4H9.2C3H6O2.Sn/c1-3-4(2)5;1-3-4-2;2*1-2-3(4)5;/h2-3H2,1H3;3H,4H2,1-2H3;2*2H2,1H3,(H,4,5);/q;;;;+2/p-2. The first-order valence-electron chi connectivity index (χ1n) is 7.30. The van der Waals surface area contributed by atoms with Crippen LogP contribution in [0.5, 0.6) is 0 Å². The molecule has 6 heteroatoms. The van der Waals surface area contributed by atoms with Crippen LogP contribution < -0.4 is 0 Å². The fourth-order valence-corrected chi connectivity index (χ4v) is 11.5. The van der Waals surface area contributed by atoms with Crippen molar-refractivity contribution in [3.05, 3.63) is 0 Å². The second-order valence-electron chi connectivity index (χ2n) is 4.85. The van der Waals surface area contributed by atoms with Crippen molar-refractivity contribution < 1.29 is 20.5 Å². The van der Waals surface area contributed by atoms with E-state index in [9.17, 15) is 14.4 Å². The van der Waals surface area contributed by atoms with Crippen LogP contribution in [0.3, 0.4) is 0 Å². The van der Waals surface area contributed by atoms with E-state index in [1.165, 1.54) is 0 Å². The second-order valence-corrected chi connectivity index (χ2v) is 14.5. The monoisotopic (exact) mass is 394 g/mol. The first-order chi connectivity index (χ1) is 9.34. The Balaban J connectivity index is 5.42. The Kier molecular flexibility index (Phi) is 9.09. The van der Waals surface area contributed by atoms with Gasteiger partial charge in [0.15, 0.2) is 0 Å². The van der Waals surface area contributed by atoms with Crippen molar-refractivity contribution >= 4 is 36.9 Å². The molecule has 0 aliphatic carbocycles. The molecule has 0 saturated heterocycles. The molecule has 0 aromatic heterocycles. The third kappa shape index (κ3) is 5.81. The van der Waals surface area contributed by atoms with E-state index in [0.29, 0.717) is 6.42 Å². The van der Waals surface area contributed by atoms with Gasteiger partial charge in [-0.2, -0.15) is 0 Å². The predicted molar refractivity (Wildman–Crippen MR) is 78.3 cm³/mol. The molecule has 20 heavy (non-hydrogen) atoms. The maximum atomic E-state index is 11.9. The third-order valence-electron chi connectivity index (χ3n) is 3.35. The molecule has 0 aliphatic rings. The molecular weight excluding hydrogens is 367 g/mol. The fourth-order valence-electron chi connectivity index (χ4n) is 1.71. The second kappa shape index (κ2) is 9.36. The number of hydrogen-bond acceptors (Lipinski definition) is 5. The zero-order chi connectivity index (χ0) is 15.8. The van der Waals surface area contributed by atoms with E-state index in [2.05, 4.69) is 0 Å². The van der Waals surface area contributed by atoms with Gasteiger partial charge in [0, 0.05) is 0 Å². The summed E-state index contributed by atoms with van der Waals surface area (Å²) >= 11 is -4.09. The van der Waals surface area contributed by atoms with Crippen LogP contribution in [0.1, 0.15) is 60.3 Å². The van der Waals surface area contributed by atoms with Crippen LogP contribution in [0.4, 0.5) is 0 Å². The summed E-state index contributed by atoms with van der Waals surface area (Å²) in [6, 6.07) is 0. The molecule has 0 fully saturated rings. The summed E-state index contributed by atoms with van der Waals surface area (Å²) in [4.78, 5) is 35.3. The zero-order valence-electron chi connectivity index (χ0n) is 13.2. The van der Waals surface area contributed by atoms with E-state index >= 15 is 0 Å². The molecule has 0 radical (unpaired) electrons. The van der Waals surface area contributed by atoms with Crippen molar-refractivity contribution in [1.29, 1.82) is 0 Å². The van der Waals surface area contributed by atoms with Crippen LogP contribution in [0.15, 0.2) is 0 Å². The third-order valence-corrected chi connectivity index (χ3v) is 14.6. The quantitative estimate of drug-likeness (QED) is 0.564. The predicted octanol–water partition coefficient (Wildman–Crippen LogP) is 3.11. The topological polar surface area (TPSA) is 69.7 Å². The van der Waals surface area contributed by atoms with Crippen LogP contribution in [-0.2, 0) is 20.5 Å². The summed E-state index contributed by atoms with van der Waals surface area (Å²) < 4.78 is 11.3. The molecule has 0 aromatic carbocycles. The van der Waals surface area contributed by atoms with E-state index in [4.69, 9.17) is 6.15 Å².